The summed E-state index contributed by atoms with van der Waals surface area (Å²) in [4.78, 5) is 38.9. The Kier molecular flexibility index (Phi) is 6.15. The van der Waals surface area contributed by atoms with E-state index in [-0.39, 0.29) is 23.9 Å². The third kappa shape index (κ3) is 4.05. The van der Waals surface area contributed by atoms with Crippen LogP contribution in [-0.4, -0.2) is 52.4 Å². The van der Waals surface area contributed by atoms with Crippen molar-refractivity contribution < 1.29 is 9.59 Å². The molecule has 1 saturated carbocycles. The molecule has 0 radical (unpaired) electrons. The molecule has 36 heavy (non-hydrogen) atoms. The molecular weight excluding hydrogens is 514 g/mol. The minimum absolute atomic E-state index is 0.0622. The van der Waals surface area contributed by atoms with Crippen LogP contribution in [0.1, 0.15) is 40.1 Å². The lowest BCUT2D eigenvalue weighted by Gasteiger charge is -2.35. The number of carbonyl (C=O) groups is 2. The van der Waals surface area contributed by atoms with Crippen LogP contribution < -0.4 is 10.6 Å². The quantitative estimate of drug-likeness (QED) is 0.337. The van der Waals surface area contributed by atoms with Crippen LogP contribution in [0.4, 0.5) is 5.13 Å². The summed E-state index contributed by atoms with van der Waals surface area (Å²) in [7, 11) is 1.80. The maximum atomic E-state index is 14.0. The Bertz CT molecular complexity index is 1470. The Hall–Kier alpha value is -3.01. The summed E-state index contributed by atoms with van der Waals surface area (Å²) in [5, 5.41) is 7.48. The van der Waals surface area contributed by atoms with Crippen LogP contribution in [-0.2, 0) is 0 Å². The molecule has 0 spiro atoms. The molecule has 3 heterocycles. The predicted molar refractivity (Wildman–Crippen MR) is 145 cm³/mol. The van der Waals surface area contributed by atoms with E-state index in [1.165, 1.54) is 22.7 Å². The Morgan fingerprint density at radius 3 is 2.89 bits per heavy atom. The molecule has 2 aliphatic rings. The third-order valence-electron chi connectivity index (χ3n) is 7.18. The number of anilines is 1. The van der Waals surface area contributed by atoms with Gasteiger partial charge in [-0.25, -0.2) is 9.97 Å². The van der Waals surface area contributed by atoms with Gasteiger partial charge >= 0.3 is 0 Å². The van der Waals surface area contributed by atoms with Crippen molar-refractivity contribution >= 4 is 61.4 Å². The number of nitrogens with one attached hydrogen (secondary N) is 2. The van der Waals surface area contributed by atoms with Crippen molar-refractivity contribution in [1.82, 2.24) is 20.2 Å². The average molecular weight is 538 g/mol. The lowest BCUT2D eigenvalue weighted by atomic mass is 9.98. The van der Waals surface area contributed by atoms with Crippen molar-refractivity contribution in [3.8, 4) is 10.4 Å². The van der Waals surface area contributed by atoms with Crippen molar-refractivity contribution in [2.45, 2.75) is 31.3 Å². The minimum Gasteiger partial charge on any atom is -0.365 e. The molecule has 2 aromatic heterocycles. The summed E-state index contributed by atoms with van der Waals surface area (Å²) in [6.07, 6.45) is 3.02. The first kappa shape index (κ1) is 23.4. The highest BCUT2D eigenvalue weighted by Gasteiger charge is 2.49. The summed E-state index contributed by atoms with van der Waals surface area (Å²) in [5.74, 6) is 0.153. The number of aromatic nitrogens is 2. The van der Waals surface area contributed by atoms with Gasteiger partial charge in [0.2, 0.25) is 0 Å². The van der Waals surface area contributed by atoms with Crippen molar-refractivity contribution in [1.29, 1.82) is 0 Å². The Labute approximate surface area is 221 Å². The summed E-state index contributed by atoms with van der Waals surface area (Å²) < 4.78 is 0.879. The number of halogens is 1. The number of fused-ring (bicyclic) bond motifs is 3. The van der Waals surface area contributed by atoms with Gasteiger partial charge in [0.15, 0.2) is 5.13 Å². The molecule has 2 bridgehead atoms. The molecule has 7 nitrogen and oxygen atoms in total. The van der Waals surface area contributed by atoms with E-state index in [0.717, 1.165) is 39.9 Å². The number of rotatable bonds is 6. The van der Waals surface area contributed by atoms with Crippen LogP contribution in [0.2, 0.25) is 5.02 Å². The van der Waals surface area contributed by atoms with Gasteiger partial charge in [0.05, 0.1) is 32.2 Å². The summed E-state index contributed by atoms with van der Waals surface area (Å²) in [6, 6.07) is 13.2. The smallest absolute Gasteiger partial charge is 0.274 e. The second-order valence-electron chi connectivity index (χ2n) is 9.18. The highest BCUT2D eigenvalue weighted by molar-refractivity contribution is 7.19. The van der Waals surface area contributed by atoms with Crippen LogP contribution in [0, 0.1) is 5.92 Å². The maximum Gasteiger partial charge on any atom is 0.274 e. The van der Waals surface area contributed by atoms with E-state index in [1.54, 1.807) is 12.6 Å². The number of piperidine rings is 1. The molecule has 10 heteroatoms. The molecule has 3 atom stereocenters. The van der Waals surface area contributed by atoms with E-state index in [1.807, 2.05) is 47.4 Å². The first-order valence-electron chi connectivity index (χ1n) is 11.9. The van der Waals surface area contributed by atoms with Gasteiger partial charge in [-0.1, -0.05) is 41.1 Å². The maximum absolute atomic E-state index is 14.0. The number of hydrogen-bond donors (Lipinski definition) is 2. The lowest BCUT2D eigenvalue weighted by molar-refractivity contribution is 0.0578. The van der Waals surface area contributed by atoms with Crippen LogP contribution >= 0.6 is 34.3 Å². The zero-order valence-corrected chi connectivity index (χ0v) is 21.9. The molecule has 0 unspecified atom stereocenters. The number of hydrogen-bond acceptors (Lipinski definition) is 7. The first-order valence-corrected chi connectivity index (χ1v) is 14.0. The molecule has 2 fully saturated rings. The van der Waals surface area contributed by atoms with Crippen molar-refractivity contribution in [2.75, 3.05) is 18.9 Å². The van der Waals surface area contributed by atoms with E-state index in [0.29, 0.717) is 33.9 Å². The van der Waals surface area contributed by atoms with Crippen LogP contribution in [0.5, 0.6) is 0 Å². The zero-order valence-electron chi connectivity index (χ0n) is 19.5. The van der Waals surface area contributed by atoms with E-state index >= 15 is 0 Å². The van der Waals surface area contributed by atoms with Crippen LogP contribution in [0.15, 0.2) is 48.0 Å². The number of likely N-dealkylation sites (tertiary alicyclic amines) is 1. The molecule has 2 aromatic carbocycles. The molecule has 1 aliphatic heterocycles. The number of amides is 2. The van der Waals surface area contributed by atoms with Gasteiger partial charge in [0.1, 0.15) is 5.69 Å². The molecule has 1 saturated heterocycles. The Balaban J connectivity index is 1.27. The van der Waals surface area contributed by atoms with Crippen LogP contribution in [0.3, 0.4) is 0 Å². The fourth-order valence-electron chi connectivity index (χ4n) is 5.55. The molecule has 184 valence electrons. The zero-order chi connectivity index (χ0) is 24.8. The standard InChI is InChI=1S/C26H24ClN5O2S2/c1-28-26-31-21(22(36-26)15-4-2-5-16(27)10-15)25(34)32-17-9-8-14(11-17)20(32)12-29-24(33)18-6-3-7-19-23(18)35-13-30-19/h2-7,10,13-14,17,20H,8-9,11-12H2,1H3,(H,28,31)(H,29,33)/t14-,17+,20+/m0/s1. The van der Waals surface area contributed by atoms with Gasteiger partial charge in [-0.2, -0.15) is 0 Å². The highest BCUT2D eigenvalue weighted by Crippen LogP contribution is 2.44. The fraction of sp³-hybridized carbons (Fsp3) is 0.308. The summed E-state index contributed by atoms with van der Waals surface area (Å²) in [6.45, 7) is 0.413. The minimum atomic E-state index is -0.134. The molecule has 4 aromatic rings. The Morgan fingerprint density at radius 2 is 2.06 bits per heavy atom. The predicted octanol–water partition coefficient (Wildman–Crippen LogP) is 5.54. The normalized spacial score (nSPS) is 20.7. The summed E-state index contributed by atoms with van der Waals surface area (Å²) >= 11 is 9.15. The highest BCUT2D eigenvalue weighted by atomic mass is 35.5. The number of nitrogens with zero attached hydrogens (tertiary/aromatic N) is 3. The SMILES string of the molecule is CNc1nc(C(=O)N2[C@@H]3CC[C@@H](C3)[C@H]2CNC(=O)c2cccc3ncsc23)c(-c2cccc(Cl)c2)s1. The Morgan fingerprint density at radius 1 is 1.19 bits per heavy atom. The van der Waals surface area contributed by atoms with Gasteiger partial charge in [0, 0.05) is 24.7 Å². The lowest BCUT2D eigenvalue weighted by Crippen LogP contribution is -2.50. The molecule has 2 amide bonds. The van der Waals surface area contributed by atoms with Gasteiger partial charge in [0.25, 0.3) is 11.8 Å². The van der Waals surface area contributed by atoms with E-state index in [2.05, 4.69) is 20.6 Å². The molecular formula is C26H24ClN5O2S2. The number of benzene rings is 2. The monoisotopic (exact) mass is 537 g/mol. The first-order chi connectivity index (χ1) is 17.5. The topological polar surface area (TPSA) is 87.2 Å². The van der Waals surface area contributed by atoms with Crippen molar-refractivity contribution in [3.63, 3.8) is 0 Å². The molecule has 2 N–H and O–H groups in total. The summed E-state index contributed by atoms with van der Waals surface area (Å²) in [5.41, 5.74) is 4.50. The van der Waals surface area contributed by atoms with Crippen LogP contribution in [0.25, 0.3) is 20.7 Å². The van der Waals surface area contributed by atoms with E-state index in [4.69, 9.17) is 11.6 Å². The van der Waals surface area contributed by atoms with E-state index in [9.17, 15) is 9.59 Å². The fourth-order valence-corrected chi connectivity index (χ4v) is 7.45. The van der Waals surface area contributed by atoms with Gasteiger partial charge in [-0.05, 0) is 55.0 Å². The second kappa shape index (κ2) is 9.46. The van der Waals surface area contributed by atoms with Gasteiger partial charge in [-0.15, -0.1) is 11.3 Å². The molecule has 6 rings (SSSR count). The second-order valence-corrected chi connectivity index (χ2v) is 11.5. The van der Waals surface area contributed by atoms with Crippen molar-refractivity contribution in [2.24, 2.45) is 5.92 Å². The third-order valence-corrected chi connectivity index (χ3v) is 9.41. The molecule has 1 aliphatic carbocycles. The number of thiazole rings is 2. The van der Waals surface area contributed by atoms with Crippen molar-refractivity contribution in [3.05, 3.63) is 64.3 Å². The van der Waals surface area contributed by atoms with E-state index < -0.39 is 0 Å². The average Bonchev–Trinajstić information content (AvgIpc) is 3.69. The van der Waals surface area contributed by atoms with Gasteiger partial charge < -0.3 is 15.5 Å². The van der Waals surface area contributed by atoms with Gasteiger partial charge in [-0.3, -0.25) is 9.59 Å². The largest absolute Gasteiger partial charge is 0.365 e. The number of carbonyl (C=O) groups excluding carboxylic acids is 2.